The van der Waals surface area contributed by atoms with Crippen molar-refractivity contribution in [2.75, 3.05) is 13.2 Å². The lowest BCUT2D eigenvalue weighted by atomic mass is 10.2. The molecule has 0 N–H and O–H groups in total. The largest absolute Gasteiger partial charge is 0.458 e. The molecule has 1 fully saturated rings. The Kier molecular flexibility index (Phi) is 8.67. The number of nitrogens with zero attached hydrogens (tertiary/aromatic N) is 1. The van der Waals surface area contributed by atoms with Crippen LogP contribution in [0.4, 0.5) is 4.79 Å². The summed E-state index contributed by atoms with van der Waals surface area (Å²) in [6.07, 6.45) is 2.98. The molecule has 0 radical (unpaired) electrons. The van der Waals surface area contributed by atoms with E-state index in [0.717, 1.165) is 0 Å². The molecule has 1 aliphatic rings. The van der Waals surface area contributed by atoms with Crippen LogP contribution in [0.1, 0.15) is 45.0 Å². The topological polar surface area (TPSA) is 82.1 Å². The van der Waals surface area contributed by atoms with E-state index < -0.39 is 30.5 Å². The summed E-state index contributed by atoms with van der Waals surface area (Å²) in [4.78, 5) is 27.7. The van der Waals surface area contributed by atoms with Crippen LogP contribution in [-0.2, 0) is 18.8 Å². The average molecular weight is 562 g/mol. The number of hydrogen-bond acceptors (Lipinski definition) is 6. The summed E-state index contributed by atoms with van der Waals surface area (Å²) in [6, 6.07) is 24.9. The van der Waals surface area contributed by atoms with Gasteiger partial charge in [-0.25, -0.2) is 9.59 Å². The first-order chi connectivity index (χ1) is 18.9. The van der Waals surface area contributed by atoms with Crippen LogP contribution in [0.25, 0.3) is 0 Å². The molecule has 0 aromatic heterocycles. The van der Waals surface area contributed by atoms with Crippen molar-refractivity contribution in [3.8, 4) is 0 Å². The van der Waals surface area contributed by atoms with E-state index in [-0.39, 0.29) is 24.8 Å². The number of ether oxygens (including phenoxy) is 3. The lowest BCUT2D eigenvalue weighted by Crippen LogP contribution is -2.49. The van der Waals surface area contributed by atoms with E-state index in [4.69, 9.17) is 14.2 Å². The Balaban J connectivity index is 1.54. The maximum absolute atomic E-state index is 14.8. The summed E-state index contributed by atoms with van der Waals surface area (Å²) < 4.78 is 31.8. The van der Waals surface area contributed by atoms with Gasteiger partial charge in [-0.1, -0.05) is 78.9 Å². The van der Waals surface area contributed by atoms with Crippen molar-refractivity contribution in [3.05, 3.63) is 103 Å². The van der Waals surface area contributed by atoms with E-state index in [0.29, 0.717) is 15.9 Å². The normalized spacial score (nSPS) is 17.1. The third kappa shape index (κ3) is 6.38. The van der Waals surface area contributed by atoms with Crippen LogP contribution >= 0.6 is 7.14 Å². The fourth-order valence-electron chi connectivity index (χ4n) is 4.68. The Hall–Kier alpha value is -3.67. The van der Waals surface area contributed by atoms with E-state index in [9.17, 15) is 14.2 Å². The summed E-state index contributed by atoms with van der Waals surface area (Å²) in [5.41, 5.74) is -1.25. The molecule has 0 aliphatic carbocycles. The number of amides is 1. The Morgan fingerprint density at radius 2 is 1.50 bits per heavy atom. The number of hydrogen-bond donors (Lipinski definition) is 0. The zero-order valence-electron chi connectivity index (χ0n) is 23.6. The third-order valence-electron chi connectivity index (χ3n) is 6.48. The molecule has 8 heteroatoms. The lowest BCUT2D eigenvalue weighted by Gasteiger charge is -2.34. The van der Waals surface area contributed by atoms with Crippen molar-refractivity contribution in [2.24, 2.45) is 0 Å². The smallest absolute Gasteiger partial charge is 0.413 e. The molecule has 0 saturated carbocycles. The van der Waals surface area contributed by atoms with Crippen molar-refractivity contribution in [1.82, 2.24) is 4.90 Å². The second-order valence-electron chi connectivity index (χ2n) is 11.0. The summed E-state index contributed by atoms with van der Waals surface area (Å²) in [5.74, 6) is -0.584. The maximum atomic E-state index is 14.8. The molecule has 0 bridgehead atoms. The fraction of sp³-hybridized carbons (Fsp3) is 0.312. The predicted octanol–water partition coefficient (Wildman–Crippen LogP) is 5.41. The molecule has 4 rings (SSSR count). The summed E-state index contributed by atoms with van der Waals surface area (Å²) >= 11 is 0. The highest BCUT2D eigenvalue weighted by molar-refractivity contribution is 7.85. The maximum Gasteiger partial charge on any atom is 0.413 e. The van der Waals surface area contributed by atoms with Crippen LogP contribution in [-0.4, -0.2) is 47.5 Å². The van der Waals surface area contributed by atoms with Crippen LogP contribution in [0, 0.1) is 0 Å². The minimum absolute atomic E-state index is 0.0345. The molecule has 0 unspecified atom stereocenters. The molecule has 3 aromatic carbocycles. The summed E-state index contributed by atoms with van der Waals surface area (Å²) in [6.45, 7) is 9.30. The first kappa shape index (κ1) is 29.3. The van der Waals surface area contributed by atoms with Gasteiger partial charge in [-0.05, 0) is 52.8 Å². The highest BCUT2D eigenvalue weighted by Gasteiger charge is 2.44. The van der Waals surface area contributed by atoms with Crippen molar-refractivity contribution in [1.29, 1.82) is 0 Å². The van der Waals surface area contributed by atoms with Crippen molar-refractivity contribution < 1.29 is 28.4 Å². The van der Waals surface area contributed by atoms with Gasteiger partial charge in [0.05, 0.1) is 18.2 Å². The summed E-state index contributed by atoms with van der Waals surface area (Å²) in [7, 11) is -3.37. The molecule has 1 amide bonds. The van der Waals surface area contributed by atoms with Crippen molar-refractivity contribution in [2.45, 2.75) is 52.0 Å². The minimum atomic E-state index is -3.37. The third-order valence-corrected chi connectivity index (χ3v) is 9.60. The molecular formula is C32H36NO6P. The van der Waals surface area contributed by atoms with Gasteiger partial charge in [0.25, 0.3) is 0 Å². The van der Waals surface area contributed by atoms with Crippen LogP contribution in [0.15, 0.2) is 97.1 Å². The Morgan fingerprint density at radius 1 is 0.950 bits per heavy atom. The quantitative estimate of drug-likeness (QED) is 0.218. The van der Waals surface area contributed by atoms with E-state index in [2.05, 4.69) is 0 Å². The van der Waals surface area contributed by atoms with Gasteiger partial charge in [-0.3, -0.25) is 4.90 Å². The van der Waals surface area contributed by atoms with E-state index >= 15 is 0 Å². The second kappa shape index (κ2) is 11.8. The number of carbonyl (C=O) groups excluding carboxylic acids is 2. The van der Waals surface area contributed by atoms with E-state index in [1.165, 1.54) is 0 Å². The highest BCUT2D eigenvalue weighted by Crippen LogP contribution is 2.43. The molecule has 0 spiro atoms. The van der Waals surface area contributed by atoms with Gasteiger partial charge >= 0.3 is 12.1 Å². The van der Waals surface area contributed by atoms with Gasteiger partial charge in [-0.2, -0.15) is 0 Å². The summed E-state index contributed by atoms with van der Waals surface area (Å²) in [5, 5.41) is 1.68. The van der Waals surface area contributed by atoms with Gasteiger partial charge < -0.3 is 18.8 Å². The predicted molar refractivity (Wildman–Crippen MR) is 157 cm³/mol. The van der Waals surface area contributed by atoms with Crippen molar-refractivity contribution in [3.63, 3.8) is 0 Å². The SMILES string of the molecule is CC(C)(C)OC(=O)N1[C@@H](/C=C/COC(=O)c2ccccc2P(=O)(c2ccccc2)c2ccccc2)COC1(C)C. The second-order valence-corrected chi connectivity index (χ2v) is 13.7. The molecular weight excluding hydrogens is 525 g/mol. The Morgan fingerprint density at radius 3 is 2.08 bits per heavy atom. The Labute approximate surface area is 236 Å². The average Bonchev–Trinajstić information content (AvgIpc) is 3.24. The van der Waals surface area contributed by atoms with E-state index in [1.807, 2.05) is 81.4 Å². The van der Waals surface area contributed by atoms with Gasteiger partial charge in [0.1, 0.15) is 17.9 Å². The molecule has 7 nitrogen and oxygen atoms in total. The van der Waals surface area contributed by atoms with E-state index in [1.54, 1.807) is 55.2 Å². The van der Waals surface area contributed by atoms with Crippen LogP contribution < -0.4 is 15.9 Å². The molecule has 210 valence electrons. The number of carbonyl (C=O) groups is 2. The molecule has 1 atom stereocenters. The van der Waals surface area contributed by atoms with Crippen LogP contribution in [0.2, 0.25) is 0 Å². The lowest BCUT2D eigenvalue weighted by molar-refractivity contribution is -0.0610. The van der Waals surface area contributed by atoms with Gasteiger partial charge in [0.15, 0.2) is 7.14 Å². The molecule has 1 heterocycles. The molecule has 40 heavy (non-hydrogen) atoms. The zero-order chi connectivity index (χ0) is 29.0. The monoisotopic (exact) mass is 561 g/mol. The highest BCUT2D eigenvalue weighted by atomic mass is 31.2. The first-order valence-corrected chi connectivity index (χ1v) is 14.9. The van der Waals surface area contributed by atoms with Gasteiger partial charge in [-0.15, -0.1) is 0 Å². The molecule has 1 saturated heterocycles. The fourth-order valence-corrected chi connectivity index (χ4v) is 7.52. The van der Waals surface area contributed by atoms with Crippen LogP contribution in [0.5, 0.6) is 0 Å². The van der Waals surface area contributed by atoms with Gasteiger partial charge in [0.2, 0.25) is 0 Å². The first-order valence-electron chi connectivity index (χ1n) is 13.2. The van der Waals surface area contributed by atoms with Crippen molar-refractivity contribution >= 4 is 35.1 Å². The molecule has 3 aromatic rings. The van der Waals surface area contributed by atoms with Gasteiger partial charge in [0, 0.05) is 15.9 Å². The zero-order valence-corrected chi connectivity index (χ0v) is 24.5. The molecule has 1 aliphatic heterocycles. The number of esters is 1. The minimum Gasteiger partial charge on any atom is -0.458 e. The van der Waals surface area contributed by atoms with Crippen LogP contribution in [0.3, 0.4) is 0 Å². The number of benzene rings is 3. The number of rotatable bonds is 7. The Bertz CT molecular complexity index is 1370. The standard InChI is InChI=1S/C32H36NO6P/c1-31(2,3)39-30(35)33-24(23-38-32(33,4)5)15-14-22-37-29(34)27-20-12-13-21-28(27)40(36,25-16-8-6-9-17-25)26-18-10-7-11-19-26/h6-21,24H,22-23H2,1-5H3/b15-14+/t24-/m0/s1.